The molecule has 4 nitrogen and oxygen atoms in total. The molecule has 0 bridgehead atoms. The van der Waals surface area contributed by atoms with Crippen molar-refractivity contribution in [3.8, 4) is 0 Å². The Hall–Kier alpha value is -1.49. The maximum atomic E-state index is 11.0. The van der Waals surface area contributed by atoms with Crippen LogP contribution in [0.25, 0.3) is 0 Å². The molecule has 0 aliphatic rings. The molecule has 0 unspecified atom stereocenters. The second-order valence-corrected chi connectivity index (χ2v) is 4.89. The number of para-hydroxylation sites is 1. The molecule has 2 aromatic rings. The van der Waals surface area contributed by atoms with Crippen LogP contribution in [0.1, 0.15) is 0 Å². The topological polar surface area (TPSA) is 55.2 Å². The molecular weight excluding hydrogens is 311 g/mol. The van der Waals surface area contributed by atoms with Crippen molar-refractivity contribution in [2.45, 2.75) is 0 Å². The zero-order valence-corrected chi connectivity index (χ0v) is 11.6. The molecule has 0 saturated carbocycles. The van der Waals surface area contributed by atoms with Crippen molar-refractivity contribution >= 4 is 51.9 Å². The highest BCUT2D eigenvalue weighted by Gasteiger charge is 2.19. The van der Waals surface area contributed by atoms with E-state index in [-0.39, 0.29) is 16.4 Å². The van der Waals surface area contributed by atoms with Crippen LogP contribution in [0.2, 0.25) is 15.1 Å². The van der Waals surface area contributed by atoms with Gasteiger partial charge in [0, 0.05) is 5.02 Å². The minimum atomic E-state index is -0.552. The highest BCUT2D eigenvalue weighted by Crippen LogP contribution is 2.36. The number of hydrogen-bond acceptors (Lipinski definition) is 3. The van der Waals surface area contributed by atoms with Crippen molar-refractivity contribution in [1.82, 2.24) is 0 Å². The number of halogens is 3. The second kappa shape index (κ2) is 5.65. The summed E-state index contributed by atoms with van der Waals surface area (Å²) in [5.74, 6) is 0. The van der Waals surface area contributed by atoms with Gasteiger partial charge >= 0.3 is 5.69 Å². The van der Waals surface area contributed by atoms with Crippen LogP contribution in [0, 0.1) is 10.1 Å². The Kier molecular flexibility index (Phi) is 4.14. The summed E-state index contributed by atoms with van der Waals surface area (Å²) >= 11 is 17.7. The van der Waals surface area contributed by atoms with E-state index in [1.54, 1.807) is 30.3 Å². The van der Waals surface area contributed by atoms with Crippen LogP contribution in [0.4, 0.5) is 17.1 Å². The highest BCUT2D eigenvalue weighted by molar-refractivity contribution is 6.35. The van der Waals surface area contributed by atoms with E-state index < -0.39 is 4.92 Å². The SMILES string of the molecule is O=[N+]([O-])c1c(Cl)cccc1Nc1cc(Cl)ccc1Cl. The summed E-state index contributed by atoms with van der Waals surface area (Å²) in [5.41, 5.74) is 0.515. The van der Waals surface area contributed by atoms with Gasteiger partial charge in [0.15, 0.2) is 0 Å². The number of anilines is 2. The summed E-state index contributed by atoms with van der Waals surface area (Å²) in [5, 5.41) is 14.8. The summed E-state index contributed by atoms with van der Waals surface area (Å²) in [6.07, 6.45) is 0. The molecule has 0 aliphatic heterocycles. The molecule has 7 heteroatoms. The molecule has 2 rings (SSSR count). The number of nitro benzene ring substituents is 1. The van der Waals surface area contributed by atoms with Gasteiger partial charge in [0.1, 0.15) is 10.7 Å². The second-order valence-electron chi connectivity index (χ2n) is 3.64. The average molecular weight is 318 g/mol. The lowest BCUT2D eigenvalue weighted by Crippen LogP contribution is -1.98. The Morgan fingerprint density at radius 2 is 1.74 bits per heavy atom. The smallest absolute Gasteiger partial charge is 0.311 e. The van der Waals surface area contributed by atoms with Crippen LogP contribution >= 0.6 is 34.8 Å². The molecule has 0 heterocycles. The first-order valence-electron chi connectivity index (χ1n) is 5.14. The van der Waals surface area contributed by atoms with Gasteiger partial charge in [-0.1, -0.05) is 40.9 Å². The lowest BCUT2D eigenvalue weighted by atomic mass is 10.2. The molecule has 0 amide bonds. The predicted octanol–water partition coefficient (Wildman–Crippen LogP) is 5.30. The van der Waals surface area contributed by atoms with E-state index in [2.05, 4.69) is 5.32 Å². The number of nitrogens with one attached hydrogen (secondary N) is 1. The molecule has 0 spiro atoms. The fourth-order valence-corrected chi connectivity index (χ4v) is 2.12. The van der Waals surface area contributed by atoms with Gasteiger partial charge in [-0.15, -0.1) is 0 Å². The Morgan fingerprint density at radius 1 is 1.00 bits per heavy atom. The third-order valence-corrected chi connectivity index (χ3v) is 3.24. The number of rotatable bonds is 3. The summed E-state index contributed by atoms with van der Waals surface area (Å²) in [6.45, 7) is 0. The van der Waals surface area contributed by atoms with Gasteiger partial charge < -0.3 is 5.32 Å². The van der Waals surface area contributed by atoms with Crippen LogP contribution < -0.4 is 5.32 Å². The van der Waals surface area contributed by atoms with E-state index in [0.29, 0.717) is 15.7 Å². The van der Waals surface area contributed by atoms with E-state index in [1.807, 2.05) is 0 Å². The summed E-state index contributed by atoms with van der Waals surface area (Å²) < 4.78 is 0. The van der Waals surface area contributed by atoms with Crippen LogP contribution in [-0.4, -0.2) is 4.92 Å². The zero-order chi connectivity index (χ0) is 14.0. The van der Waals surface area contributed by atoms with Crippen molar-refractivity contribution in [3.63, 3.8) is 0 Å². The third-order valence-electron chi connectivity index (χ3n) is 2.37. The molecule has 0 saturated heterocycles. The summed E-state index contributed by atoms with van der Waals surface area (Å²) in [4.78, 5) is 10.5. The Bertz CT molecular complexity index is 647. The maximum Gasteiger partial charge on any atom is 0.311 e. The van der Waals surface area contributed by atoms with Gasteiger partial charge in [0.2, 0.25) is 0 Å². The monoisotopic (exact) mass is 316 g/mol. The normalized spacial score (nSPS) is 10.3. The lowest BCUT2D eigenvalue weighted by molar-refractivity contribution is -0.383. The first kappa shape index (κ1) is 13.9. The lowest BCUT2D eigenvalue weighted by Gasteiger charge is -2.09. The van der Waals surface area contributed by atoms with Crippen molar-refractivity contribution < 1.29 is 4.92 Å². The summed E-state index contributed by atoms with van der Waals surface area (Å²) in [7, 11) is 0. The minimum Gasteiger partial charge on any atom is -0.349 e. The standard InChI is InChI=1S/C12H7Cl3N2O2/c13-7-4-5-8(14)11(6-7)16-10-3-1-2-9(15)12(10)17(18)19/h1-6,16H. The van der Waals surface area contributed by atoms with Gasteiger partial charge in [-0.05, 0) is 30.3 Å². The molecule has 1 N–H and O–H groups in total. The van der Waals surface area contributed by atoms with Crippen LogP contribution in [0.3, 0.4) is 0 Å². The molecule has 0 aliphatic carbocycles. The largest absolute Gasteiger partial charge is 0.349 e. The summed E-state index contributed by atoms with van der Waals surface area (Å²) in [6, 6.07) is 9.40. The van der Waals surface area contributed by atoms with Crippen LogP contribution in [-0.2, 0) is 0 Å². The number of nitrogens with zero attached hydrogens (tertiary/aromatic N) is 1. The molecule has 0 fully saturated rings. The molecule has 19 heavy (non-hydrogen) atoms. The number of nitro groups is 1. The van der Waals surface area contributed by atoms with E-state index >= 15 is 0 Å². The third kappa shape index (κ3) is 3.10. The number of benzene rings is 2. The van der Waals surface area contributed by atoms with Crippen molar-refractivity contribution in [2.75, 3.05) is 5.32 Å². The molecule has 98 valence electrons. The van der Waals surface area contributed by atoms with Gasteiger partial charge in [0.05, 0.1) is 15.6 Å². The number of hydrogen-bond donors (Lipinski definition) is 1. The first-order chi connectivity index (χ1) is 8.99. The van der Waals surface area contributed by atoms with Gasteiger partial charge in [-0.2, -0.15) is 0 Å². The fraction of sp³-hybridized carbons (Fsp3) is 0. The van der Waals surface area contributed by atoms with Crippen molar-refractivity contribution in [1.29, 1.82) is 0 Å². The minimum absolute atomic E-state index is 0.0492. The van der Waals surface area contributed by atoms with Gasteiger partial charge in [-0.3, -0.25) is 10.1 Å². The quantitative estimate of drug-likeness (QED) is 0.617. The molecular formula is C12H7Cl3N2O2. The molecule has 0 atom stereocenters. The fourth-order valence-electron chi connectivity index (χ4n) is 1.54. The van der Waals surface area contributed by atoms with E-state index in [1.165, 1.54) is 6.07 Å². The maximum absolute atomic E-state index is 11.0. The average Bonchev–Trinajstić information content (AvgIpc) is 2.33. The Balaban J connectivity index is 2.46. The van der Waals surface area contributed by atoms with Gasteiger partial charge in [0.25, 0.3) is 0 Å². The molecule has 0 aromatic heterocycles. The molecule has 2 aromatic carbocycles. The predicted molar refractivity (Wildman–Crippen MR) is 77.9 cm³/mol. The Morgan fingerprint density at radius 3 is 2.42 bits per heavy atom. The van der Waals surface area contributed by atoms with Crippen molar-refractivity contribution in [2.24, 2.45) is 0 Å². The first-order valence-corrected chi connectivity index (χ1v) is 6.27. The highest BCUT2D eigenvalue weighted by atomic mass is 35.5. The van der Waals surface area contributed by atoms with E-state index in [9.17, 15) is 10.1 Å². The zero-order valence-electron chi connectivity index (χ0n) is 9.36. The van der Waals surface area contributed by atoms with Gasteiger partial charge in [-0.25, -0.2) is 0 Å². The van der Waals surface area contributed by atoms with E-state index in [0.717, 1.165) is 0 Å². The van der Waals surface area contributed by atoms with Crippen molar-refractivity contribution in [3.05, 3.63) is 61.6 Å². The van der Waals surface area contributed by atoms with Crippen LogP contribution in [0.5, 0.6) is 0 Å². The Labute approximate surface area is 124 Å². The molecule has 0 radical (unpaired) electrons. The van der Waals surface area contributed by atoms with E-state index in [4.69, 9.17) is 34.8 Å². The van der Waals surface area contributed by atoms with Crippen LogP contribution in [0.15, 0.2) is 36.4 Å².